The van der Waals surface area contributed by atoms with Crippen molar-refractivity contribution in [1.29, 1.82) is 0 Å². The zero-order valence-corrected chi connectivity index (χ0v) is 9.02. The van der Waals surface area contributed by atoms with Crippen LogP contribution in [-0.2, 0) is 0 Å². The van der Waals surface area contributed by atoms with Crippen molar-refractivity contribution in [2.75, 3.05) is 27.2 Å². The summed E-state index contributed by atoms with van der Waals surface area (Å²) in [7, 11) is 4.29. The number of halogens is 2. The lowest BCUT2D eigenvalue weighted by Crippen LogP contribution is -2.42. The quantitative estimate of drug-likeness (QED) is 0.684. The monoisotopic (exact) mass is 200 g/mol. The summed E-state index contributed by atoms with van der Waals surface area (Å²) in [5.41, 5.74) is 0.417. The summed E-state index contributed by atoms with van der Waals surface area (Å²) in [5, 5.41) is 3.35. The highest BCUT2D eigenvalue weighted by molar-refractivity contribution is 5.85. The van der Waals surface area contributed by atoms with Crippen molar-refractivity contribution in [3.8, 4) is 0 Å². The smallest absolute Gasteiger partial charge is 0.0311 e. The number of hydrogen-bond acceptors (Lipinski definition) is 2. The van der Waals surface area contributed by atoms with Crippen LogP contribution in [0.4, 0.5) is 0 Å². The van der Waals surface area contributed by atoms with E-state index < -0.39 is 0 Å². The molecule has 2 nitrogen and oxygen atoms in total. The fraction of sp³-hybridized carbons (Fsp3) is 1.00. The summed E-state index contributed by atoms with van der Waals surface area (Å²) in [4.78, 5) is 2.30. The minimum Gasteiger partial charge on any atom is -0.315 e. The Morgan fingerprint density at radius 1 is 1.27 bits per heavy atom. The number of hydrogen-bond donors (Lipinski definition) is 1. The number of likely N-dealkylation sites (N-methyl/N-ethyl adjacent to an activating group) is 1. The lowest BCUT2D eigenvalue weighted by molar-refractivity contribution is 0.196. The van der Waals surface area contributed by atoms with Crippen molar-refractivity contribution >= 4 is 24.8 Å². The first-order valence-corrected chi connectivity index (χ1v) is 3.53. The molecule has 1 unspecified atom stereocenters. The molecule has 0 bridgehead atoms. The van der Waals surface area contributed by atoms with Gasteiger partial charge in [0.1, 0.15) is 0 Å². The molecule has 0 radical (unpaired) electrons. The third kappa shape index (κ3) is 3.16. The van der Waals surface area contributed by atoms with E-state index in [2.05, 4.69) is 31.2 Å². The van der Waals surface area contributed by atoms with Crippen LogP contribution in [0.5, 0.6) is 0 Å². The van der Waals surface area contributed by atoms with Gasteiger partial charge < -0.3 is 10.2 Å². The molecule has 4 heteroatoms. The maximum Gasteiger partial charge on any atom is 0.0311 e. The van der Waals surface area contributed by atoms with Crippen LogP contribution in [0.25, 0.3) is 0 Å². The normalized spacial score (nSPS) is 29.5. The van der Waals surface area contributed by atoms with Crippen LogP contribution in [0, 0.1) is 0 Å². The zero-order valence-electron chi connectivity index (χ0n) is 7.39. The molecular formula is C7H18Cl2N2. The fourth-order valence-corrected chi connectivity index (χ4v) is 1.19. The predicted molar refractivity (Wildman–Crippen MR) is 54.1 cm³/mol. The van der Waals surface area contributed by atoms with Gasteiger partial charge in [-0.2, -0.15) is 0 Å². The molecule has 1 aliphatic rings. The van der Waals surface area contributed by atoms with Crippen molar-refractivity contribution in [3.05, 3.63) is 0 Å². The number of nitrogens with zero attached hydrogens (tertiary/aromatic N) is 1. The van der Waals surface area contributed by atoms with Crippen LogP contribution < -0.4 is 5.32 Å². The predicted octanol–water partition coefficient (Wildman–Crippen LogP) is 1.14. The van der Waals surface area contributed by atoms with E-state index in [1.54, 1.807) is 0 Å². The Bertz CT molecular complexity index is 101. The Morgan fingerprint density at radius 2 is 1.82 bits per heavy atom. The van der Waals surface area contributed by atoms with Gasteiger partial charge in [-0.1, -0.05) is 0 Å². The molecule has 1 aliphatic heterocycles. The van der Waals surface area contributed by atoms with E-state index >= 15 is 0 Å². The van der Waals surface area contributed by atoms with E-state index in [-0.39, 0.29) is 24.8 Å². The molecule has 0 aromatic rings. The SMILES string of the molecule is CN(C)C1(C)CCNC1.Cl.Cl. The first kappa shape index (κ1) is 14.0. The van der Waals surface area contributed by atoms with E-state index in [4.69, 9.17) is 0 Å². The Kier molecular flexibility index (Phi) is 6.64. The standard InChI is InChI=1S/C7H16N2.2ClH/c1-7(9(2)3)4-5-8-6-7;;/h8H,4-6H2,1-3H3;2*1H. The highest BCUT2D eigenvalue weighted by Crippen LogP contribution is 2.18. The Labute approximate surface area is 81.5 Å². The van der Waals surface area contributed by atoms with Gasteiger partial charge in [0.05, 0.1) is 0 Å². The van der Waals surface area contributed by atoms with Gasteiger partial charge >= 0.3 is 0 Å². The summed E-state index contributed by atoms with van der Waals surface area (Å²) in [6.45, 7) is 4.61. The average Bonchev–Trinajstić information content (AvgIpc) is 2.16. The number of nitrogens with one attached hydrogen (secondary N) is 1. The minimum absolute atomic E-state index is 0. The zero-order chi connectivity index (χ0) is 6.91. The van der Waals surface area contributed by atoms with Gasteiger partial charge in [-0.05, 0) is 34.0 Å². The second-order valence-electron chi connectivity index (χ2n) is 3.32. The topological polar surface area (TPSA) is 15.3 Å². The molecule has 1 fully saturated rings. The van der Waals surface area contributed by atoms with E-state index in [1.807, 2.05) is 0 Å². The molecule has 1 rings (SSSR count). The second-order valence-corrected chi connectivity index (χ2v) is 3.32. The molecule has 0 aliphatic carbocycles. The van der Waals surface area contributed by atoms with Crippen molar-refractivity contribution in [2.24, 2.45) is 0 Å². The van der Waals surface area contributed by atoms with Crippen LogP contribution in [0.3, 0.4) is 0 Å². The van der Waals surface area contributed by atoms with Gasteiger partial charge in [0.15, 0.2) is 0 Å². The highest BCUT2D eigenvalue weighted by Gasteiger charge is 2.29. The van der Waals surface area contributed by atoms with Gasteiger partial charge in [-0.25, -0.2) is 0 Å². The molecule has 0 saturated carbocycles. The summed E-state index contributed by atoms with van der Waals surface area (Å²) in [6.07, 6.45) is 1.28. The molecule has 11 heavy (non-hydrogen) atoms. The van der Waals surface area contributed by atoms with Gasteiger partial charge in [-0.3, -0.25) is 0 Å². The Morgan fingerprint density at radius 3 is 2.00 bits per heavy atom. The molecule has 0 aromatic carbocycles. The van der Waals surface area contributed by atoms with Crippen LogP contribution in [-0.4, -0.2) is 37.6 Å². The molecule has 1 saturated heterocycles. The molecule has 1 heterocycles. The number of rotatable bonds is 1. The molecule has 0 amide bonds. The first-order valence-electron chi connectivity index (χ1n) is 3.53. The van der Waals surface area contributed by atoms with Crippen LogP contribution in [0.15, 0.2) is 0 Å². The Hall–Kier alpha value is 0.500. The highest BCUT2D eigenvalue weighted by atomic mass is 35.5. The van der Waals surface area contributed by atoms with E-state index in [1.165, 1.54) is 13.0 Å². The molecular weight excluding hydrogens is 183 g/mol. The third-order valence-corrected chi connectivity index (χ3v) is 2.43. The fourth-order valence-electron chi connectivity index (χ4n) is 1.19. The van der Waals surface area contributed by atoms with Crippen LogP contribution in [0.2, 0.25) is 0 Å². The lowest BCUT2D eigenvalue weighted by atomic mass is 10.0. The summed E-state index contributed by atoms with van der Waals surface area (Å²) < 4.78 is 0. The van der Waals surface area contributed by atoms with Crippen molar-refractivity contribution in [2.45, 2.75) is 18.9 Å². The summed E-state index contributed by atoms with van der Waals surface area (Å²) >= 11 is 0. The molecule has 1 atom stereocenters. The third-order valence-electron chi connectivity index (χ3n) is 2.43. The largest absolute Gasteiger partial charge is 0.315 e. The average molecular weight is 201 g/mol. The van der Waals surface area contributed by atoms with Crippen molar-refractivity contribution in [1.82, 2.24) is 10.2 Å². The van der Waals surface area contributed by atoms with Crippen molar-refractivity contribution < 1.29 is 0 Å². The molecule has 1 N–H and O–H groups in total. The van der Waals surface area contributed by atoms with Crippen molar-refractivity contribution in [3.63, 3.8) is 0 Å². The molecule has 0 aromatic heterocycles. The molecule has 0 spiro atoms. The van der Waals surface area contributed by atoms with E-state index in [9.17, 15) is 0 Å². The Balaban J connectivity index is 0. The lowest BCUT2D eigenvalue weighted by Gasteiger charge is -2.30. The summed E-state index contributed by atoms with van der Waals surface area (Å²) in [5.74, 6) is 0. The van der Waals surface area contributed by atoms with Crippen LogP contribution in [0.1, 0.15) is 13.3 Å². The van der Waals surface area contributed by atoms with E-state index in [0.29, 0.717) is 5.54 Å². The van der Waals surface area contributed by atoms with E-state index in [0.717, 1.165) is 6.54 Å². The first-order chi connectivity index (χ1) is 4.15. The maximum atomic E-state index is 3.35. The van der Waals surface area contributed by atoms with Gasteiger partial charge in [-0.15, -0.1) is 24.8 Å². The second kappa shape index (κ2) is 5.20. The summed E-state index contributed by atoms with van der Waals surface area (Å²) in [6, 6.07) is 0. The molecule has 70 valence electrons. The van der Waals surface area contributed by atoms with Gasteiger partial charge in [0.2, 0.25) is 0 Å². The van der Waals surface area contributed by atoms with Crippen LogP contribution >= 0.6 is 24.8 Å². The van der Waals surface area contributed by atoms with Gasteiger partial charge in [0, 0.05) is 12.1 Å². The minimum atomic E-state index is 0. The maximum absolute atomic E-state index is 3.35. The van der Waals surface area contributed by atoms with Gasteiger partial charge in [0.25, 0.3) is 0 Å².